The minimum atomic E-state index is 0.117. The molecule has 3 aromatic rings. The molecule has 0 amide bonds. The second-order valence-electron chi connectivity index (χ2n) is 5.70. The summed E-state index contributed by atoms with van der Waals surface area (Å²) in [5.41, 5.74) is 2.20. The minimum Gasteiger partial charge on any atom is -0.438 e. The van der Waals surface area contributed by atoms with Gasteiger partial charge in [-0.15, -0.1) is 5.10 Å². The Kier molecular flexibility index (Phi) is 4.50. The summed E-state index contributed by atoms with van der Waals surface area (Å²) in [7, 11) is 0. The number of hydrogen-bond donors (Lipinski definition) is 0. The van der Waals surface area contributed by atoms with Crippen LogP contribution in [0.3, 0.4) is 0 Å². The van der Waals surface area contributed by atoms with Crippen molar-refractivity contribution in [1.82, 2.24) is 10.2 Å². The molecule has 5 nitrogen and oxygen atoms in total. The number of benzene rings is 2. The summed E-state index contributed by atoms with van der Waals surface area (Å²) in [6.07, 6.45) is 1.61. The lowest BCUT2D eigenvalue weighted by atomic mass is 10.1. The molecule has 0 saturated carbocycles. The Morgan fingerprint density at radius 3 is 2.76 bits per heavy atom. The normalized spacial score (nSPS) is 16.8. The highest BCUT2D eigenvalue weighted by Crippen LogP contribution is 2.34. The van der Waals surface area contributed by atoms with Crippen molar-refractivity contribution in [2.45, 2.75) is 6.04 Å². The molecule has 1 aliphatic rings. The molecular weight excluding hydrogens is 338 g/mol. The molecule has 1 fully saturated rings. The van der Waals surface area contributed by atoms with Crippen LogP contribution in [0.4, 0.5) is 5.69 Å². The van der Waals surface area contributed by atoms with Crippen molar-refractivity contribution >= 4 is 17.3 Å². The van der Waals surface area contributed by atoms with E-state index in [1.807, 2.05) is 42.5 Å². The molecule has 0 radical (unpaired) electrons. The first-order valence-corrected chi connectivity index (χ1v) is 8.33. The summed E-state index contributed by atoms with van der Waals surface area (Å²) in [5.74, 6) is 1.19. The van der Waals surface area contributed by atoms with Gasteiger partial charge >= 0.3 is 0 Å². The monoisotopic (exact) mass is 353 g/mol. The van der Waals surface area contributed by atoms with Crippen molar-refractivity contribution in [2.24, 2.45) is 0 Å². The van der Waals surface area contributed by atoms with E-state index in [-0.39, 0.29) is 6.04 Å². The van der Waals surface area contributed by atoms with E-state index in [2.05, 4.69) is 21.2 Å². The van der Waals surface area contributed by atoms with Crippen LogP contribution in [-0.4, -0.2) is 23.5 Å². The summed E-state index contributed by atoms with van der Waals surface area (Å²) in [6, 6.07) is 19.4. The van der Waals surface area contributed by atoms with Gasteiger partial charge in [-0.3, -0.25) is 0 Å². The quantitative estimate of drug-likeness (QED) is 0.693. The molecular formula is C19H16ClN3O2. The van der Waals surface area contributed by atoms with Gasteiger partial charge in [0.1, 0.15) is 12.5 Å². The first kappa shape index (κ1) is 15.9. The lowest BCUT2D eigenvalue weighted by Gasteiger charge is -2.25. The van der Waals surface area contributed by atoms with Crippen LogP contribution in [0.5, 0.6) is 11.6 Å². The second-order valence-corrected chi connectivity index (χ2v) is 6.13. The molecule has 0 bridgehead atoms. The Bertz CT molecular complexity index is 843. The van der Waals surface area contributed by atoms with E-state index in [4.69, 9.17) is 21.1 Å². The maximum atomic E-state index is 5.99. The van der Waals surface area contributed by atoms with Crippen LogP contribution in [0, 0.1) is 0 Å². The molecule has 0 spiro atoms. The van der Waals surface area contributed by atoms with E-state index in [0.29, 0.717) is 19.2 Å². The fourth-order valence-electron chi connectivity index (χ4n) is 2.85. The fraction of sp³-hybridized carbons (Fsp3) is 0.158. The predicted molar refractivity (Wildman–Crippen MR) is 96.0 cm³/mol. The molecule has 1 atom stereocenters. The number of aromatic nitrogens is 2. The average molecular weight is 354 g/mol. The molecule has 2 aromatic carbocycles. The number of anilines is 1. The third-order valence-electron chi connectivity index (χ3n) is 4.05. The summed E-state index contributed by atoms with van der Waals surface area (Å²) in [5, 5.41) is 8.50. The Morgan fingerprint density at radius 1 is 1.08 bits per heavy atom. The molecule has 1 saturated heterocycles. The standard InChI is InChI=1S/C19H16ClN3O2/c20-15-6-8-16(9-7-15)23-13-24-12-18(23)14-3-1-4-17(11-14)25-19-5-2-10-21-22-19/h1-11,18H,12-13H2/t18-/m1/s1. The molecule has 1 aliphatic heterocycles. The van der Waals surface area contributed by atoms with Crippen molar-refractivity contribution in [3.63, 3.8) is 0 Å². The zero-order valence-corrected chi connectivity index (χ0v) is 14.1. The minimum absolute atomic E-state index is 0.117. The van der Waals surface area contributed by atoms with Crippen LogP contribution in [-0.2, 0) is 4.74 Å². The van der Waals surface area contributed by atoms with E-state index in [1.54, 1.807) is 18.3 Å². The number of hydrogen-bond acceptors (Lipinski definition) is 5. The topological polar surface area (TPSA) is 47.5 Å². The highest BCUT2D eigenvalue weighted by Gasteiger charge is 2.27. The van der Waals surface area contributed by atoms with E-state index in [1.165, 1.54) is 0 Å². The maximum absolute atomic E-state index is 5.99. The maximum Gasteiger partial charge on any atom is 0.238 e. The van der Waals surface area contributed by atoms with Gasteiger partial charge in [-0.1, -0.05) is 23.7 Å². The van der Waals surface area contributed by atoms with Gasteiger partial charge in [-0.05, 0) is 48.0 Å². The number of halogens is 1. The van der Waals surface area contributed by atoms with E-state index in [9.17, 15) is 0 Å². The van der Waals surface area contributed by atoms with Crippen molar-refractivity contribution in [1.29, 1.82) is 0 Å². The second kappa shape index (κ2) is 7.09. The van der Waals surface area contributed by atoms with Gasteiger partial charge in [0, 0.05) is 23.0 Å². The molecule has 1 aromatic heterocycles. The van der Waals surface area contributed by atoms with Crippen molar-refractivity contribution in [3.05, 3.63) is 77.4 Å². The van der Waals surface area contributed by atoms with Crippen molar-refractivity contribution < 1.29 is 9.47 Å². The lowest BCUT2D eigenvalue weighted by molar-refractivity contribution is 0.194. The largest absolute Gasteiger partial charge is 0.438 e. The zero-order valence-electron chi connectivity index (χ0n) is 13.4. The Hall–Kier alpha value is -2.63. The SMILES string of the molecule is Clc1ccc(N2COC[C@@H]2c2cccc(Oc3cccnn3)c2)cc1. The zero-order chi connectivity index (χ0) is 17.1. The molecule has 0 aliphatic carbocycles. The average Bonchev–Trinajstić information content (AvgIpc) is 3.13. The van der Waals surface area contributed by atoms with Crippen molar-refractivity contribution in [2.75, 3.05) is 18.2 Å². The van der Waals surface area contributed by atoms with Gasteiger partial charge in [-0.25, -0.2) is 0 Å². The number of ether oxygens (including phenoxy) is 2. The smallest absolute Gasteiger partial charge is 0.238 e. The Labute approximate surface area is 150 Å². The summed E-state index contributed by atoms with van der Waals surface area (Å²) >= 11 is 5.99. The van der Waals surface area contributed by atoms with Crippen molar-refractivity contribution in [3.8, 4) is 11.6 Å². The van der Waals surface area contributed by atoms with Crippen LogP contribution in [0.2, 0.25) is 5.02 Å². The summed E-state index contributed by atoms with van der Waals surface area (Å²) in [6.45, 7) is 1.17. The van der Waals surface area contributed by atoms with Gasteiger partial charge in [-0.2, -0.15) is 5.10 Å². The molecule has 126 valence electrons. The highest BCUT2D eigenvalue weighted by atomic mass is 35.5. The molecule has 6 heteroatoms. The van der Waals surface area contributed by atoms with E-state index >= 15 is 0 Å². The third kappa shape index (κ3) is 3.57. The van der Waals surface area contributed by atoms with Crippen LogP contribution >= 0.6 is 11.6 Å². The molecule has 0 unspecified atom stereocenters. The number of nitrogens with zero attached hydrogens (tertiary/aromatic N) is 3. The van der Waals surface area contributed by atoms with Crippen LogP contribution in [0.25, 0.3) is 0 Å². The Balaban J connectivity index is 1.58. The Morgan fingerprint density at radius 2 is 1.96 bits per heavy atom. The van der Waals surface area contributed by atoms with Gasteiger partial charge in [0.2, 0.25) is 5.88 Å². The van der Waals surface area contributed by atoms with E-state index in [0.717, 1.165) is 22.0 Å². The van der Waals surface area contributed by atoms with Gasteiger partial charge in [0.15, 0.2) is 0 Å². The molecule has 4 rings (SSSR count). The molecule has 25 heavy (non-hydrogen) atoms. The lowest BCUT2D eigenvalue weighted by Crippen LogP contribution is -2.23. The van der Waals surface area contributed by atoms with E-state index < -0.39 is 0 Å². The molecule has 2 heterocycles. The fourth-order valence-corrected chi connectivity index (χ4v) is 2.98. The third-order valence-corrected chi connectivity index (χ3v) is 4.31. The predicted octanol–water partition coefficient (Wildman–Crippen LogP) is 4.46. The summed E-state index contributed by atoms with van der Waals surface area (Å²) < 4.78 is 11.5. The van der Waals surface area contributed by atoms with Gasteiger partial charge in [0.05, 0.1) is 12.6 Å². The van der Waals surface area contributed by atoms with Gasteiger partial charge in [0.25, 0.3) is 0 Å². The van der Waals surface area contributed by atoms with Crippen LogP contribution in [0.15, 0.2) is 66.9 Å². The molecule has 0 N–H and O–H groups in total. The first-order chi connectivity index (χ1) is 12.3. The number of rotatable bonds is 4. The first-order valence-electron chi connectivity index (χ1n) is 7.95. The van der Waals surface area contributed by atoms with Crippen LogP contribution < -0.4 is 9.64 Å². The van der Waals surface area contributed by atoms with Gasteiger partial charge < -0.3 is 14.4 Å². The summed E-state index contributed by atoms with van der Waals surface area (Å²) in [4.78, 5) is 2.21. The van der Waals surface area contributed by atoms with Crippen LogP contribution in [0.1, 0.15) is 11.6 Å². The highest BCUT2D eigenvalue weighted by molar-refractivity contribution is 6.30.